The van der Waals surface area contributed by atoms with E-state index in [0.717, 1.165) is 11.1 Å². The first kappa shape index (κ1) is 21.6. The fraction of sp³-hybridized carbons (Fsp3) is 0.318. The van der Waals surface area contributed by atoms with Crippen molar-refractivity contribution in [1.82, 2.24) is 0 Å². The minimum Gasteiger partial charge on any atom is -0.495 e. The van der Waals surface area contributed by atoms with Crippen LogP contribution >= 0.6 is 11.6 Å². The van der Waals surface area contributed by atoms with Crippen molar-refractivity contribution in [2.24, 2.45) is 5.92 Å². The molecule has 1 fully saturated rings. The zero-order valence-corrected chi connectivity index (χ0v) is 17.8. The first-order valence-corrected chi connectivity index (χ1v) is 9.84. The van der Waals surface area contributed by atoms with Crippen LogP contribution in [0, 0.1) is 19.8 Å². The van der Waals surface area contributed by atoms with E-state index in [2.05, 4.69) is 5.32 Å². The Bertz CT molecular complexity index is 991. The van der Waals surface area contributed by atoms with Crippen LogP contribution in [-0.4, -0.2) is 38.0 Å². The van der Waals surface area contributed by atoms with E-state index in [4.69, 9.17) is 21.1 Å². The Morgan fingerprint density at radius 2 is 1.97 bits per heavy atom. The van der Waals surface area contributed by atoms with Gasteiger partial charge in [0.25, 0.3) is 5.91 Å². The van der Waals surface area contributed by atoms with Crippen LogP contribution in [0.25, 0.3) is 0 Å². The van der Waals surface area contributed by atoms with E-state index in [0.29, 0.717) is 22.1 Å². The molecule has 2 aromatic rings. The maximum absolute atomic E-state index is 12.5. The van der Waals surface area contributed by atoms with Crippen LogP contribution in [0.3, 0.4) is 0 Å². The highest BCUT2D eigenvalue weighted by molar-refractivity contribution is 6.31. The van der Waals surface area contributed by atoms with Gasteiger partial charge >= 0.3 is 5.97 Å². The standard InChI is InChI=1S/C22H23ClN2O5/c1-13-4-5-14(2)17(8-13)24-20(26)12-30-22(28)15-9-21(27)25(11-15)18-10-16(23)6-7-19(18)29-3/h4-8,10,15H,9,11-12H2,1-3H3,(H,24,26)/t15-/m1/s1. The number of nitrogens with one attached hydrogen (secondary N) is 1. The van der Waals surface area contributed by atoms with Gasteiger partial charge in [0.2, 0.25) is 5.91 Å². The molecule has 0 aliphatic carbocycles. The predicted molar refractivity (Wildman–Crippen MR) is 114 cm³/mol. The van der Waals surface area contributed by atoms with Gasteiger partial charge in [0.1, 0.15) is 5.75 Å². The van der Waals surface area contributed by atoms with Gasteiger partial charge in [-0.05, 0) is 49.2 Å². The number of carbonyl (C=O) groups is 3. The Morgan fingerprint density at radius 3 is 2.70 bits per heavy atom. The van der Waals surface area contributed by atoms with Gasteiger partial charge in [-0.15, -0.1) is 0 Å². The number of amides is 2. The van der Waals surface area contributed by atoms with E-state index in [-0.39, 0.29) is 18.9 Å². The fourth-order valence-electron chi connectivity index (χ4n) is 3.28. The molecule has 1 atom stereocenters. The van der Waals surface area contributed by atoms with Crippen molar-refractivity contribution in [2.75, 3.05) is 30.5 Å². The van der Waals surface area contributed by atoms with Crippen molar-refractivity contribution in [1.29, 1.82) is 0 Å². The molecule has 1 saturated heterocycles. The second-order valence-electron chi connectivity index (χ2n) is 7.20. The lowest BCUT2D eigenvalue weighted by Crippen LogP contribution is -2.28. The lowest BCUT2D eigenvalue weighted by Gasteiger charge is -2.19. The molecule has 0 bridgehead atoms. The molecule has 1 aliphatic heterocycles. The monoisotopic (exact) mass is 430 g/mol. The number of methoxy groups -OCH3 is 1. The molecule has 1 aliphatic rings. The van der Waals surface area contributed by atoms with E-state index in [1.165, 1.54) is 12.0 Å². The number of aryl methyl sites for hydroxylation is 2. The van der Waals surface area contributed by atoms with E-state index in [1.807, 2.05) is 32.0 Å². The maximum atomic E-state index is 12.5. The van der Waals surface area contributed by atoms with Crippen molar-refractivity contribution >= 4 is 40.8 Å². The zero-order chi connectivity index (χ0) is 21.8. The Balaban J connectivity index is 1.59. The SMILES string of the molecule is COc1ccc(Cl)cc1N1C[C@H](C(=O)OCC(=O)Nc2cc(C)ccc2C)CC1=O. The number of ether oxygens (including phenoxy) is 2. The normalized spacial score (nSPS) is 15.8. The van der Waals surface area contributed by atoms with Gasteiger partial charge in [-0.25, -0.2) is 0 Å². The third kappa shape index (κ3) is 4.91. The molecule has 30 heavy (non-hydrogen) atoms. The molecular formula is C22H23ClN2O5. The first-order valence-electron chi connectivity index (χ1n) is 9.46. The number of benzene rings is 2. The van der Waals surface area contributed by atoms with Crippen LogP contribution in [-0.2, 0) is 19.1 Å². The summed E-state index contributed by atoms with van der Waals surface area (Å²) in [6, 6.07) is 10.6. The van der Waals surface area contributed by atoms with Gasteiger partial charge in [-0.3, -0.25) is 14.4 Å². The highest BCUT2D eigenvalue weighted by Gasteiger charge is 2.37. The molecular weight excluding hydrogens is 408 g/mol. The van der Waals surface area contributed by atoms with Crippen LogP contribution in [0.1, 0.15) is 17.5 Å². The topological polar surface area (TPSA) is 84.9 Å². The second-order valence-corrected chi connectivity index (χ2v) is 7.63. The van der Waals surface area contributed by atoms with Crippen molar-refractivity contribution in [3.05, 3.63) is 52.5 Å². The van der Waals surface area contributed by atoms with Gasteiger partial charge < -0.3 is 19.7 Å². The molecule has 2 amide bonds. The molecule has 1 heterocycles. The maximum Gasteiger partial charge on any atom is 0.311 e. The Kier molecular flexibility index (Phi) is 6.62. The summed E-state index contributed by atoms with van der Waals surface area (Å²) in [5.74, 6) is -1.46. The lowest BCUT2D eigenvalue weighted by molar-refractivity contribution is -0.151. The van der Waals surface area contributed by atoms with E-state index >= 15 is 0 Å². The van der Waals surface area contributed by atoms with E-state index in [9.17, 15) is 14.4 Å². The molecule has 1 N–H and O–H groups in total. The molecule has 0 aromatic heterocycles. The van der Waals surface area contributed by atoms with Gasteiger partial charge in [0.15, 0.2) is 6.61 Å². The molecule has 7 nitrogen and oxygen atoms in total. The van der Waals surface area contributed by atoms with Crippen LogP contribution < -0.4 is 15.0 Å². The molecule has 0 saturated carbocycles. The largest absolute Gasteiger partial charge is 0.495 e. The van der Waals surface area contributed by atoms with Gasteiger partial charge in [0.05, 0.1) is 18.7 Å². The quantitative estimate of drug-likeness (QED) is 0.709. The molecule has 0 spiro atoms. The molecule has 0 radical (unpaired) electrons. The highest BCUT2D eigenvalue weighted by atomic mass is 35.5. The predicted octanol–water partition coefficient (Wildman–Crippen LogP) is 3.50. The van der Waals surface area contributed by atoms with Crippen molar-refractivity contribution in [3.8, 4) is 5.75 Å². The minimum atomic E-state index is -0.672. The summed E-state index contributed by atoms with van der Waals surface area (Å²) in [4.78, 5) is 38.5. The average Bonchev–Trinajstić information content (AvgIpc) is 3.10. The van der Waals surface area contributed by atoms with Crippen LogP contribution in [0.4, 0.5) is 11.4 Å². The summed E-state index contributed by atoms with van der Waals surface area (Å²) < 4.78 is 10.4. The van der Waals surface area contributed by atoms with Gasteiger partial charge in [-0.1, -0.05) is 23.7 Å². The summed E-state index contributed by atoms with van der Waals surface area (Å²) in [6.45, 7) is 3.52. The number of hydrogen-bond donors (Lipinski definition) is 1. The zero-order valence-electron chi connectivity index (χ0n) is 17.0. The van der Waals surface area contributed by atoms with Crippen molar-refractivity contribution in [2.45, 2.75) is 20.3 Å². The number of esters is 1. The Labute approximate surface area is 179 Å². The van der Waals surface area contributed by atoms with Crippen LogP contribution in [0.15, 0.2) is 36.4 Å². The van der Waals surface area contributed by atoms with Crippen LogP contribution in [0.2, 0.25) is 5.02 Å². The Hall–Kier alpha value is -3.06. The smallest absolute Gasteiger partial charge is 0.311 e. The number of nitrogens with zero attached hydrogens (tertiary/aromatic N) is 1. The highest BCUT2D eigenvalue weighted by Crippen LogP contribution is 2.35. The second kappa shape index (κ2) is 9.17. The summed E-state index contributed by atoms with van der Waals surface area (Å²) in [5.41, 5.74) is 3.09. The van der Waals surface area contributed by atoms with Crippen molar-refractivity contribution < 1.29 is 23.9 Å². The number of carbonyl (C=O) groups excluding carboxylic acids is 3. The van der Waals surface area contributed by atoms with Crippen LogP contribution in [0.5, 0.6) is 5.75 Å². The average molecular weight is 431 g/mol. The Morgan fingerprint density at radius 1 is 1.20 bits per heavy atom. The van der Waals surface area contributed by atoms with Gasteiger partial charge in [0, 0.05) is 23.7 Å². The summed E-state index contributed by atoms with van der Waals surface area (Å²) in [6.07, 6.45) is -0.00684. The minimum absolute atomic E-state index is 0.00684. The molecule has 8 heteroatoms. The number of halogens is 1. The third-order valence-electron chi connectivity index (χ3n) is 4.90. The fourth-order valence-corrected chi connectivity index (χ4v) is 3.45. The van der Waals surface area contributed by atoms with E-state index in [1.54, 1.807) is 18.2 Å². The number of hydrogen-bond acceptors (Lipinski definition) is 5. The summed E-state index contributed by atoms with van der Waals surface area (Å²) in [5, 5.41) is 3.19. The van der Waals surface area contributed by atoms with Gasteiger partial charge in [-0.2, -0.15) is 0 Å². The number of rotatable bonds is 6. The number of anilines is 2. The first-order chi connectivity index (χ1) is 14.3. The summed E-state index contributed by atoms with van der Waals surface area (Å²) in [7, 11) is 1.49. The molecule has 2 aromatic carbocycles. The molecule has 3 rings (SSSR count). The molecule has 158 valence electrons. The third-order valence-corrected chi connectivity index (χ3v) is 5.14. The summed E-state index contributed by atoms with van der Waals surface area (Å²) >= 11 is 6.04. The van der Waals surface area contributed by atoms with E-state index < -0.39 is 24.4 Å². The van der Waals surface area contributed by atoms with Crippen molar-refractivity contribution in [3.63, 3.8) is 0 Å². The lowest BCUT2D eigenvalue weighted by atomic mass is 10.1. The molecule has 0 unspecified atom stereocenters.